The fraction of sp³-hybridized carbons (Fsp3) is 0.312. The van der Waals surface area contributed by atoms with Gasteiger partial charge in [0.15, 0.2) is 6.61 Å². The maximum Gasteiger partial charge on any atom is 0.348 e. The van der Waals surface area contributed by atoms with Crippen molar-refractivity contribution in [3.05, 3.63) is 51.5 Å². The third kappa shape index (κ3) is 3.19. The van der Waals surface area contributed by atoms with E-state index in [4.69, 9.17) is 4.74 Å². The van der Waals surface area contributed by atoms with Crippen molar-refractivity contribution >= 4 is 23.1 Å². The van der Waals surface area contributed by atoms with Crippen LogP contribution in [0.1, 0.15) is 43.3 Å². The largest absolute Gasteiger partial charge is 0.453 e. The summed E-state index contributed by atoms with van der Waals surface area (Å²) >= 11 is 1.49. The van der Waals surface area contributed by atoms with Crippen molar-refractivity contribution in [3.8, 4) is 0 Å². The van der Waals surface area contributed by atoms with E-state index < -0.39 is 5.97 Å². The number of aromatic nitrogens is 1. The van der Waals surface area contributed by atoms with Crippen LogP contribution in [0.25, 0.3) is 0 Å². The van der Waals surface area contributed by atoms with Crippen molar-refractivity contribution in [1.82, 2.24) is 4.98 Å². The lowest BCUT2D eigenvalue weighted by Crippen LogP contribution is -2.13. The van der Waals surface area contributed by atoms with E-state index in [9.17, 15) is 9.59 Å². The highest BCUT2D eigenvalue weighted by Gasteiger charge is 2.19. The van der Waals surface area contributed by atoms with Crippen molar-refractivity contribution in [3.63, 3.8) is 0 Å². The Hall–Kier alpha value is -2.01. The topological polar surface area (TPSA) is 56.3 Å². The third-order valence-electron chi connectivity index (χ3n) is 3.52. The first-order chi connectivity index (χ1) is 10.2. The fourth-order valence-electron chi connectivity index (χ4n) is 2.40. The first kappa shape index (κ1) is 13.9. The SMILES string of the molecule is O=C(COC(=O)c1cc2c(s1)CCCC2)c1cccnc1. The lowest BCUT2D eigenvalue weighted by Gasteiger charge is -2.08. The normalized spacial score (nSPS) is 13.5. The Morgan fingerprint density at radius 2 is 2.14 bits per heavy atom. The van der Waals surface area contributed by atoms with Crippen LogP contribution in [0.15, 0.2) is 30.6 Å². The number of hydrogen-bond acceptors (Lipinski definition) is 5. The molecule has 0 aromatic carbocycles. The second-order valence-electron chi connectivity index (χ2n) is 5.01. The Morgan fingerprint density at radius 3 is 2.90 bits per heavy atom. The number of thiophene rings is 1. The van der Waals surface area contributed by atoms with Crippen LogP contribution in [0.3, 0.4) is 0 Å². The van der Waals surface area contributed by atoms with Crippen LogP contribution < -0.4 is 0 Å². The Labute approximate surface area is 126 Å². The number of ether oxygens (including phenoxy) is 1. The quantitative estimate of drug-likeness (QED) is 0.643. The van der Waals surface area contributed by atoms with Gasteiger partial charge < -0.3 is 4.74 Å². The van der Waals surface area contributed by atoms with Gasteiger partial charge in [0.1, 0.15) is 4.88 Å². The van der Waals surface area contributed by atoms with Gasteiger partial charge in [-0.15, -0.1) is 11.3 Å². The molecule has 0 N–H and O–H groups in total. The van der Waals surface area contributed by atoms with Crippen molar-refractivity contribution in [2.24, 2.45) is 0 Å². The average molecular weight is 301 g/mol. The molecule has 1 aliphatic carbocycles. The van der Waals surface area contributed by atoms with E-state index in [1.165, 1.54) is 40.8 Å². The molecule has 3 rings (SSSR count). The van der Waals surface area contributed by atoms with Crippen LogP contribution in [-0.4, -0.2) is 23.3 Å². The van der Waals surface area contributed by atoms with Crippen molar-refractivity contribution in [2.45, 2.75) is 25.7 Å². The first-order valence-corrected chi connectivity index (χ1v) is 7.77. The predicted octanol–water partition coefficient (Wildman–Crippen LogP) is 3.06. The zero-order valence-electron chi connectivity index (χ0n) is 11.5. The number of pyridine rings is 1. The van der Waals surface area contributed by atoms with Gasteiger partial charge in [-0.2, -0.15) is 0 Å². The molecule has 21 heavy (non-hydrogen) atoms. The van der Waals surface area contributed by atoms with Gasteiger partial charge in [0.25, 0.3) is 0 Å². The summed E-state index contributed by atoms with van der Waals surface area (Å²) < 4.78 is 5.12. The molecule has 0 spiro atoms. The zero-order chi connectivity index (χ0) is 14.7. The lowest BCUT2D eigenvalue weighted by atomic mass is 9.99. The number of fused-ring (bicyclic) bond motifs is 1. The highest BCUT2D eigenvalue weighted by Crippen LogP contribution is 2.30. The summed E-state index contributed by atoms with van der Waals surface area (Å²) in [4.78, 5) is 29.6. The number of hydrogen-bond donors (Lipinski definition) is 0. The number of aryl methyl sites for hydroxylation is 2. The van der Waals surface area contributed by atoms with Gasteiger partial charge in [0, 0.05) is 22.8 Å². The number of ketones is 1. The van der Waals surface area contributed by atoms with Crippen LogP contribution in [0.4, 0.5) is 0 Å². The maximum absolute atomic E-state index is 12.0. The van der Waals surface area contributed by atoms with Crippen LogP contribution in [0.5, 0.6) is 0 Å². The second-order valence-corrected chi connectivity index (χ2v) is 6.14. The molecule has 4 nitrogen and oxygen atoms in total. The van der Waals surface area contributed by atoms with Crippen LogP contribution in [0, 0.1) is 0 Å². The molecule has 2 aromatic rings. The summed E-state index contributed by atoms with van der Waals surface area (Å²) in [5, 5.41) is 0. The molecular formula is C16H15NO3S. The molecule has 0 saturated heterocycles. The minimum Gasteiger partial charge on any atom is -0.453 e. The molecule has 0 aliphatic heterocycles. The summed E-state index contributed by atoms with van der Waals surface area (Å²) in [6.45, 7) is -0.243. The number of rotatable bonds is 4. The summed E-state index contributed by atoms with van der Waals surface area (Å²) in [5.41, 5.74) is 1.72. The third-order valence-corrected chi connectivity index (χ3v) is 4.73. The molecule has 2 aromatic heterocycles. The van der Waals surface area contributed by atoms with Crippen molar-refractivity contribution < 1.29 is 14.3 Å². The summed E-state index contributed by atoms with van der Waals surface area (Å²) in [6, 6.07) is 5.26. The van der Waals surface area contributed by atoms with Crippen molar-refractivity contribution in [2.75, 3.05) is 6.61 Å². The second kappa shape index (κ2) is 6.18. The minimum absolute atomic E-state index is 0.238. The molecule has 2 heterocycles. The molecule has 108 valence electrons. The molecule has 0 radical (unpaired) electrons. The zero-order valence-corrected chi connectivity index (χ0v) is 12.3. The first-order valence-electron chi connectivity index (χ1n) is 6.96. The monoisotopic (exact) mass is 301 g/mol. The molecular weight excluding hydrogens is 286 g/mol. The summed E-state index contributed by atoms with van der Waals surface area (Å²) in [7, 11) is 0. The average Bonchev–Trinajstić information content (AvgIpc) is 2.97. The van der Waals surface area contributed by atoms with Gasteiger partial charge in [-0.05, 0) is 49.4 Å². The number of carbonyl (C=O) groups is 2. The van der Waals surface area contributed by atoms with Gasteiger partial charge >= 0.3 is 5.97 Å². The maximum atomic E-state index is 12.0. The summed E-state index contributed by atoms with van der Waals surface area (Å²) in [6.07, 6.45) is 7.51. The highest BCUT2D eigenvalue weighted by atomic mass is 32.1. The van der Waals surface area contributed by atoms with Crippen molar-refractivity contribution in [1.29, 1.82) is 0 Å². The standard InChI is InChI=1S/C16H15NO3S/c18-13(12-5-3-7-17-9-12)10-20-16(19)15-8-11-4-1-2-6-14(11)21-15/h3,5,7-9H,1-2,4,6,10H2. The predicted molar refractivity (Wildman–Crippen MR) is 79.8 cm³/mol. The van der Waals surface area contributed by atoms with Crippen LogP contribution in [0.2, 0.25) is 0 Å². The van der Waals surface area contributed by atoms with Gasteiger partial charge in [0.05, 0.1) is 0 Å². The molecule has 5 heteroatoms. The fourth-order valence-corrected chi connectivity index (χ4v) is 3.55. The molecule has 0 amide bonds. The van der Waals surface area contributed by atoms with Gasteiger partial charge in [-0.25, -0.2) is 4.79 Å². The Morgan fingerprint density at radius 1 is 1.29 bits per heavy atom. The van der Waals surface area contributed by atoms with Gasteiger partial charge in [-0.1, -0.05) is 0 Å². The minimum atomic E-state index is -0.411. The van der Waals surface area contributed by atoms with Gasteiger partial charge in [-0.3, -0.25) is 9.78 Å². The van der Waals surface area contributed by atoms with E-state index in [1.54, 1.807) is 18.3 Å². The Bertz CT molecular complexity index is 640. The van der Waals surface area contributed by atoms with Gasteiger partial charge in [0.2, 0.25) is 5.78 Å². The van der Waals surface area contributed by atoms with Crippen LogP contribution >= 0.6 is 11.3 Å². The smallest absolute Gasteiger partial charge is 0.348 e. The highest BCUT2D eigenvalue weighted by molar-refractivity contribution is 7.14. The van der Waals surface area contributed by atoms with E-state index in [0.717, 1.165) is 12.8 Å². The molecule has 0 fully saturated rings. The van der Waals surface area contributed by atoms with E-state index in [2.05, 4.69) is 4.98 Å². The number of Topliss-reactive ketones (excluding diaryl/α,β-unsaturated/α-hetero) is 1. The van der Waals surface area contributed by atoms with E-state index in [0.29, 0.717) is 10.4 Å². The lowest BCUT2D eigenvalue weighted by molar-refractivity contribution is 0.0479. The Balaban J connectivity index is 1.62. The molecule has 0 saturated carbocycles. The summed E-state index contributed by atoms with van der Waals surface area (Å²) in [5.74, 6) is -0.649. The number of nitrogens with zero attached hydrogens (tertiary/aromatic N) is 1. The molecule has 0 unspecified atom stereocenters. The number of esters is 1. The molecule has 1 aliphatic rings. The van der Waals surface area contributed by atoms with E-state index in [-0.39, 0.29) is 12.4 Å². The van der Waals surface area contributed by atoms with E-state index >= 15 is 0 Å². The molecule has 0 atom stereocenters. The number of carbonyl (C=O) groups excluding carboxylic acids is 2. The van der Waals surface area contributed by atoms with E-state index in [1.807, 2.05) is 6.07 Å². The van der Waals surface area contributed by atoms with Crippen LogP contribution in [-0.2, 0) is 17.6 Å². The Kier molecular flexibility index (Phi) is 4.10. The molecule has 0 bridgehead atoms.